The number of hydrogen-bond donors (Lipinski definition) is 2. The molecule has 20 heavy (non-hydrogen) atoms. The third kappa shape index (κ3) is 9.77. The maximum Gasteiger partial charge on any atom is 0.0900 e. The van der Waals surface area contributed by atoms with Crippen LogP contribution in [0.4, 0.5) is 0 Å². The molecule has 0 spiro atoms. The van der Waals surface area contributed by atoms with E-state index in [-0.39, 0.29) is 0 Å². The molecule has 122 valence electrons. The van der Waals surface area contributed by atoms with Crippen LogP contribution in [0.1, 0.15) is 105 Å². The topological polar surface area (TPSA) is 40.5 Å². The number of aliphatic hydroxyl groups is 2. The predicted molar refractivity (Wildman–Crippen MR) is 88.0 cm³/mol. The van der Waals surface area contributed by atoms with Crippen molar-refractivity contribution in [2.24, 2.45) is 0 Å². The van der Waals surface area contributed by atoms with E-state index in [2.05, 4.69) is 6.92 Å². The molecule has 0 aromatic carbocycles. The first kappa shape index (κ1) is 19.9. The molecule has 0 bridgehead atoms. The van der Waals surface area contributed by atoms with Gasteiger partial charge in [0, 0.05) is 0 Å². The van der Waals surface area contributed by atoms with Crippen molar-refractivity contribution in [1.82, 2.24) is 0 Å². The third-order valence-electron chi connectivity index (χ3n) is 4.59. The van der Waals surface area contributed by atoms with Crippen LogP contribution in [0, 0.1) is 0 Å². The van der Waals surface area contributed by atoms with Crippen molar-refractivity contribution in [1.29, 1.82) is 0 Å². The molecule has 0 rings (SSSR count). The van der Waals surface area contributed by atoms with E-state index in [1.165, 1.54) is 64.2 Å². The second-order valence-electron chi connectivity index (χ2n) is 7.12. The average Bonchev–Trinajstić information content (AvgIpc) is 2.34. The minimum Gasteiger partial charge on any atom is -0.387 e. The Morgan fingerprint density at radius 3 is 1.30 bits per heavy atom. The summed E-state index contributed by atoms with van der Waals surface area (Å²) in [5, 5.41) is 20.0. The van der Waals surface area contributed by atoms with Crippen LogP contribution in [-0.2, 0) is 0 Å². The van der Waals surface area contributed by atoms with Gasteiger partial charge in [-0.3, -0.25) is 0 Å². The summed E-state index contributed by atoms with van der Waals surface area (Å²) in [7, 11) is 0. The molecule has 0 aromatic rings. The van der Waals surface area contributed by atoms with E-state index >= 15 is 0 Å². The molecule has 0 amide bonds. The zero-order valence-electron chi connectivity index (χ0n) is 14.4. The second-order valence-corrected chi connectivity index (χ2v) is 7.12. The highest BCUT2D eigenvalue weighted by molar-refractivity contribution is 4.89. The normalized spacial score (nSPS) is 15.3. The van der Waals surface area contributed by atoms with Crippen molar-refractivity contribution in [2.45, 2.75) is 116 Å². The van der Waals surface area contributed by atoms with E-state index in [0.29, 0.717) is 6.42 Å². The van der Waals surface area contributed by atoms with E-state index in [1.54, 1.807) is 20.8 Å². The highest BCUT2D eigenvalue weighted by atomic mass is 16.3. The molecule has 1 unspecified atom stereocenters. The van der Waals surface area contributed by atoms with Crippen LogP contribution in [0.3, 0.4) is 0 Å². The Morgan fingerprint density at radius 2 is 0.950 bits per heavy atom. The van der Waals surface area contributed by atoms with Gasteiger partial charge < -0.3 is 10.2 Å². The van der Waals surface area contributed by atoms with Gasteiger partial charge in [0.15, 0.2) is 0 Å². The molecule has 0 saturated carbocycles. The monoisotopic (exact) mass is 286 g/mol. The molecule has 0 aliphatic heterocycles. The van der Waals surface area contributed by atoms with Crippen molar-refractivity contribution in [3.8, 4) is 0 Å². The van der Waals surface area contributed by atoms with Crippen LogP contribution in [0.5, 0.6) is 0 Å². The Balaban J connectivity index is 3.33. The summed E-state index contributed by atoms with van der Waals surface area (Å²) in [5.41, 5.74) is -1.97. The van der Waals surface area contributed by atoms with Crippen LogP contribution >= 0.6 is 0 Å². The Morgan fingerprint density at radius 1 is 0.600 bits per heavy atom. The first-order chi connectivity index (χ1) is 9.31. The van der Waals surface area contributed by atoms with E-state index in [9.17, 15) is 10.2 Å². The summed E-state index contributed by atoms with van der Waals surface area (Å²) < 4.78 is 0. The molecule has 1 atom stereocenters. The van der Waals surface area contributed by atoms with Crippen molar-refractivity contribution < 1.29 is 10.2 Å². The van der Waals surface area contributed by atoms with Gasteiger partial charge in [0.1, 0.15) is 0 Å². The summed E-state index contributed by atoms with van der Waals surface area (Å²) >= 11 is 0. The molecule has 2 N–H and O–H groups in total. The first-order valence-corrected chi connectivity index (χ1v) is 8.76. The van der Waals surface area contributed by atoms with Crippen LogP contribution in [-0.4, -0.2) is 21.4 Å². The molecular weight excluding hydrogens is 248 g/mol. The standard InChI is InChI=1S/C18H38O2/c1-5-6-7-8-9-10-11-12-13-14-15-16-18(4,20)17(2,3)19/h19-20H,5-16H2,1-4H3. The molecule has 2 nitrogen and oxygen atoms in total. The van der Waals surface area contributed by atoms with Crippen LogP contribution in [0.15, 0.2) is 0 Å². The van der Waals surface area contributed by atoms with Crippen molar-refractivity contribution in [3.05, 3.63) is 0 Å². The van der Waals surface area contributed by atoms with Gasteiger partial charge in [-0.1, -0.05) is 77.6 Å². The lowest BCUT2D eigenvalue weighted by Gasteiger charge is -2.35. The number of rotatable bonds is 13. The lowest BCUT2D eigenvalue weighted by molar-refractivity contribution is -0.124. The highest BCUT2D eigenvalue weighted by Crippen LogP contribution is 2.27. The Hall–Kier alpha value is -0.0800. The summed E-state index contributed by atoms with van der Waals surface area (Å²) in [6.45, 7) is 7.37. The van der Waals surface area contributed by atoms with Crippen LogP contribution in [0.2, 0.25) is 0 Å². The lowest BCUT2D eigenvalue weighted by Crippen LogP contribution is -2.47. The zero-order valence-corrected chi connectivity index (χ0v) is 14.4. The van der Waals surface area contributed by atoms with E-state index < -0.39 is 11.2 Å². The number of hydrogen-bond acceptors (Lipinski definition) is 2. The van der Waals surface area contributed by atoms with Gasteiger partial charge in [0.25, 0.3) is 0 Å². The van der Waals surface area contributed by atoms with Crippen molar-refractivity contribution >= 4 is 0 Å². The van der Waals surface area contributed by atoms with Gasteiger partial charge in [-0.2, -0.15) is 0 Å². The largest absolute Gasteiger partial charge is 0.387 e. The number of unbranched alkanes of at least 4 members (excludes halogenated alkanes) is 10. The molecule has 2 heteroatoms. The van der Waals surface area contributed by atoms with Gasteiger partial charge in [-0.15, -0.1) is 0 Å². The Kier molecular flexibility index (Phi) is 10.6. The van der Waals surface area contributed by atoms with Gasteiger partial charge >= 0.3 is 0 Å². The van der Waals surface area contributed by atoms with E-state index in [1.807, 2.05) is 0 Å². The molecule has 0 radical (unpaired) electrons. The smallest absolute Gasteiger partial charge is 0.0900 e. The van der Waals surface area contributed by atoms with Gasteiger partial charge in [0.2, 0.25) is 0 Å². The van der Waals surface area contributed by atoms with Gasteiger partial charge in [-0.05, 0) is 27.2 Å². The van der Waals surface area contributed by atoms with E-state index in [4.69, 9.17) is 0 Å². The quantitative estimate of drug-likeness (QED) is 0.456. The summed E-state index contributed by atoms with van der Waals surface area (Å²) in [4.78, 5) is 0. The molecular formula is C18H38O2. The molecule has 0 aromatic heterocycles. The maximum atomic E-state index is 10.1. The van der Waals surface area contributed by atoms with Crippen LogP contribution in [0.25, 0.3) is 0 Å². The zero-order chi connectivity index (χ0) is 15.5. The maximum absolute atomic E-state index is 10.1. The SMILES string of the molecule is CCCCCCCCCCCCCC(C)(O)C(C)(C)O. The summed E-state index contributed by atoms with van der Waals surface area (Å²) in [5.74, 6) is 0. The third-order valence-corrected chi connectivity index (χ3v) is 4.59. The minimum absolute atomic E-state index is 0.688. The van der Waals surface area contributed by atoms with Gasteiger partial charge in [-0.25, -0.2) is 0 Å². The molecule has 0 aliphatic rings. The Bertz CT molecular complexity index is 216. The minimum atomic E-state index is -1.01. The molecule has 0 aliphatic carbocycles. The Labute approximate surface area is 127 Å². The molecule has 0 saturated heterocycles. The van der Waals surface area contributed by atoms with Gasteiger partial charge in [0.05, 0.1) is 11.2 Å². The summed E-state index contributed by atoms with van der Waals surface area (Å²) in [6.07, 6.45) is 15.1. The first-order valence-electron chi connectivity index (χ1n) is 8.76. The fourth-order valence-electron chi connectivity index (χ4n) is 2.44. The fraction of sp³-hybridized carbons (Fsp3) is 1.00. The van der Waals surface area contributed by atoms with Crippen molar-refractivity contribution in [3.63, 3.8) is 0 Å². The van der Waals surface area contributed by atoms with Crippen molar-refractivity contribution in [2.75, 3.05) is 0 Å². The lowest BCUT2D eigenvalue weighted by atomic mass is 9.83. The fourth-order valence-corrected chi connectivity index (χ4v) is 2.44. The average molecular weight is 286 g/mol. The molecule has 0 fully saturated rings. The summed E-state index contributed by atoms with van der Waals surface area (Å²) in [6, 6.07) is 0. The highest BCUT2D eigenvalue weighted by Gasteiger charge is 2.36. The van der Waals surface area contributed by atoms with Crippen LogP contribution < -0.4 is 0 Å². The second kappa shape index (κ2) is 10.6. The molecule has 0 heterocycles. The van der Waals surface area contributed by atoms with E-state index in [0.717, 1.165) is 6.42 Å². The predicted octanol–water partition coefficient (Wildman–Crippen LogP) is 5.21.